The SMILES string of the molecule is [CH2-]NC([CH2-])C(=O)O.[Zn+2]. The van der Waals surface area contributed by atoms with Crippen LogP contribution >= 0.6 is 0 Å². The molecular weight excluding hydrogens is 159 g/mol. The van der Waals surface area contributed by atoms with E-state index in [-0.39, 0.29) is 19.5 Å². The zero-order chi connectivity index (χ0) is 5.86. The van der Waals surface area contributed by atoms with E-state index in [9.17, 15) is 4.79 Å². The van der Waals surface area contributed by atoms with Crippen molar-refractivity contribution in [1.29, 1.82) is 0 Å². The van der Waals surface area contributed by atoms with Crippen molar-refractivity contribution in [3.63, 3.8) is 0 Å². The Morgan fingerprint density at radius 1 is 1.75 bits per heavy atom. The maximum atomic E-state index is 9.77. The smallest absolute Gasteiger partial charge is 0.487 e. The molecule has 0 heterocycles. The Morgan fingerprint density at radius 3 is 2.12 bits per heavy atom. The molecule has 4 heteroatoms. The van der Waals surface area contributed by atoms with Gasteiger partial charge in [0.25, 0.3) is 5.97 Å². The Bertz CT molecular complexity index is 76.4. The van der Waals surface area contributed by atoms with E-state index in [4.69, 9.17) is 5.11 Å². The predicted octanol–water partition coefficient (Wildman–Crippen LogP) is -0.348. The molecule has 1 unspecified atom stereocenters. The Hall–Kier alpha value is 0.0534. The summed E-state index contributed by atoms with van der Waals surface area (Å²) in [6.45, 7) is 3.18. The molecule has 0 saturated heterocycles. The van der Waals surface area contributed by atoms with Crippen molar-refractivity contribution >= 4 is 5.97 Å². The molecule has 0 aromatic carbocycles. The van der Waals surface area contributed by atoms with Crippen LogP contribution in [0.15, 0.2) is 0 Å². The molecule has 0 fully saturated rings. The van der Waals surface area contributed by atoms with Crippen molar-refractivity contribution in [2.24, 2.45) is 0 Å². The van der Waals surface area contributed by atoms with Gasteiger partial charge in [-0.15, -0.1) is 0 Å². The summed E-state index contributed by atoms with van der Waals surface area (Å²) in [6, 6.07) is -0.792. The van der Waals surface area contributed by atoms with Gasteiger partial charge in [0.2, 0.25) is 0 Å². The van der Waals surface area contributed by atoms with Gasteiger partial charge < -0.3 is 17.3 Å². The molecule has 0 aromatic rings. The standard InChI is InChI=1S/C4H7NO2.Zn/c1-3(5-2)4(6)7;/h3,5H,1-2H2,(H,6,7);/q-2;+2. The molecule has 8 heavy (non-hydrogen) atoms. The first-order valence-corrected chi connectivity index (χ1v) is 1.77. The molecule has 0 bridgehead atoms. The number of carbonyl (C=O) groups is 1. The monoisotopic (exact) mass is 165 g/mol. The normalized spacial score (nSPS) is 11.8. The maximum absolute atomic E-state index is 9.77. The van der Waals surface area contributed by atoms with E-state index in [1.807, 2.05) is 0 Å². The van der Waals surface area contributed by atoms with Crippen LogP contribution in [0.25, 0.3) is 0 Å². The molecule has 0 amide bonds. The summed E-state index contributed by atoms with van der Waals surface area (Å²) in [5, 5.41) is 10.2. The molecule has 0 aliphatic rings. The Balaban J connectivity index is 0. The molecule has 0 aliphatic carbocycles. The van der Waals surface area contributed by atoms with Crippen LogP contribution in [-0.2, 0) is 24.3 Å². The van der Waals surface area contributed by atoms with Crippen molar-refractivity contribution in [3.8, 4) is 0 Å². The van der Waals surface area contributed by atoms with E-state index in [2.05, 4.69) is 19.3 Å². The molecule has 0 radical (unpaired) electrons. The molecule has 0 saturated carbocycles. The van der Waals surface area contributed by atoms with Gasteiger partial charge in [0, 0.05) is 0 Å². The maximum Gasteiger partial charge on any atom is 2.00 e. The number of hydrogen-bond acceptors (Lipinski definition) is 2. The zero-order valence-electron chi connectivity index (χ0n) is 4.55. The minimum atomic E-state index is -0.991. The fourth-order valence-corrected chi connectivity index (χ4v) is 0.0873. The molecule has 0 aliphatic heterocycles. The van der Waals surface area contributed by atoms with Crippen molar-refractivity contribution in [3.05, 3.63) is 14.0 Å². The Morgan fingerprint density at radius 2 is 2.12 bits per heavy atom. The van der Waals surface area contributed by atoms with Crippen LogP contribution < -0.4 is 5.32 Å². The van der Waals surface area contributed by atoms with E-state index in [1.165, 1.54) is 0 Å². The van der Waals surface area contributed by atoms with E-state index in [1.54, 1.807) is 0 Å². The average Bonchev–Trinajstić information content (AvgIpc) is 1.65. The van der Waals surface area contributed by atoms with E-state index in [0.29, 0.717) is 0 Å². The second-order valence-corrected chi connectivity index (χ2v) is 1.09. The Kier molecular flexibility index (Phi) is 7.10. The second kappa shape index (κ2) is 5.20. The molecular formula is C4H7NO2Zn. The van der Waals surface area contributed by atoms with Gasteiger partial charge >= 0.3 is 19.5 Å². The van der Waals surface area contributed by atoms with E-state index < -0.39 is 12.0 Å². The van der Waals surface area contributed by atoms with Crippen LogP contribution in [0.5, 0.6) is 0 Å². The predicted molar refractivity (Wildman–Crippen MR) is 25.3 cm³/mol. The summed E-state index contributed by atoms with van der Waals surface area (Å²) < 4.78 is 0. The van der Waals surface area contributed by atoms with Gasteiger partial charge in [-0.2, -0.15) is 0 Å². The number of aliphatic carboxylic acids is 1. The second-order valence-electron chi connectivity index (χ2n) is 1.09. The van der Waals surface area contributed by atoms with Crippen molar-refractivity contribution in [2.45, 2.75) is 6.04 Å². The Labute approximate surface area is 61.2 Å². The van der Waals surface area contributed by atoms with Gasteiger partial charge in [0.1, 0.15) is 0 Å². The van der Waals surface area contributed by atoms with Crippen LogP contribution in [0.3, 0.4) is 0 Å². The third-order valence-corrected chi connectivity index (χ3v) is 0.544. The first-order valence-electron chi connectivity index (χ1n) is 1.77. The fourth-order valence-electron chi connectivity index (χ4n) is 0.0873. The minimum Gasteiger partial charge on any atom is -0.487 e. The van der Waals surface area contributed by atoms with Gasteiger partial charge in [-0.25, -0.2) is 0 Å². The summed E-state index contributed by atoms with van der Waals surface area (Å²) in [7, 11) is 3.11. The average molecular weight is 166 g/mol. The largest absolute Gasteiger partial charge is 2.00 e. The topological polar surface area (TPSA) is 49.3 Å². The first kappa shape index (κ1) is 10.9. The summed E-state index contributed by atoms with van der Waals surface area (Å²) >= 11 is 0. The quantitative estimate of drug-likeness (QED) is 0.436. The summed E-state index contributed by atoms with van der Waals surface area (Å²) in [5.41, 5.74) is 0. The number of hydrogen-bond donors (Lipinski definition) is 2. The van der Waals surface area contributed by atoms with Gasteiger partial charge in [0.15, 0.2) is 0 Å². The molecule has 42 valence electrons. The first-order chi connectivity index (χ1) is 3.18. The van der Waals surface area contributed by atoms with E-state index >= 15 is 0 Å². The number of carboxylic acid groups (broad SMARTS) is 1. The summed E-state index contributed by atoms with van der Waals surface area (Å²) in [6.07, 6.45) is 0. The van der Waals surface area contributed by atoms with Crippen molar-refractivity contribution in [2.75, 3.05) is 0 Å². The number of nitrogens with one attached hydrogen (secondary N) is 1. The third kappa shape index (κ3) is 4.22. The minimum absolute atomic E-state index is 0. The van der Waals surface area contributed by atoms with Crippen molar-refractivity contribution in [1.82, 2.24) is 5.32 Å². The fraction of sp³-hybridized carbons (Fsp3) is 0.250. The van der Waals surface area contributed by atoms with Gasteiger partial charge in [0.05, 0.1) is 0 Å². The summed E-state index contributed by atoms with van der Waals surface area (Å²) in [4.78, 5) is 9.77. The van der Waals surface area contributed by atoms with E-state index in [0.717, 1.165) is 0 Å². The van der Waals surface area contributed by atoms with Crippen LogP contribution in [0.1, 0.15) is 0 Å². The molecule has 2 N–H and O–H groups in total. The van der Waals surface area contributed by atoms with Gasteiger partial charge in [-0.3, -0.25) is 11.8 Å². The summed E-state index contributed by atoms with van der Waals surface area (Å²) in [5.74, 6) is -0.991. The third-order valence-electron chi connectivity index (χ3n) is 0.544. The van der Waals surface area contributed by atoms with Crippen molar-refractivity contribution < 1.29 is 29.4 Å². The molecule has 0 spiro atoms. The molecule has 3 nitrogen and oxygen atoms in total. The molecule has 0 rings (SSSR count). The number of rotatable bonds is 2. The van der Waals surface area contributed by atoms with Crippen LogP contribution in [0.2, 0.25) is 0 Å². The van der Waals surface area contributed by atoms with Gasteiger partial charge in [-0.05, 0) is 0 Å². The molecule has 0 aromatic heterocycles. The molecule has 1 atom stereocenters. The number of carboxylic acids is 1. The zero-order valence-corrected chi connectivity index (χ0v) is 7.52. The van der Waals surface area contributed by atoms with Crippen LogP contribution in [0, 0.1) is 14.0 Å². The van der Waals surface area contributed by atoms with Crippen LogP contribution in [-0.4, -0.2) is 17.1 Å². The van der Waals surface area contributed by atoms with Crippen LogP contribution in [0.4, 0.5) is 0 Å². The van der Waals surface area contributed by atoms with Gasteiger partial charge in [-0.1, -0.05) is 6.04 Å².